The molecule has 1 aliphatic heterocycles. The Morgan fingerprint density at radius 2 is 1.91 bits per heavy atom. The van der Waals surface area contributed by atoms with Crippen molar-refractivity contribution in [1.29, 1.82) is 0 Å². The number of hydrogen-bond donors (Lipinski definition) is 2. The summed E-state index contributed by atoms with van der Waals surface area (Å²) < 4.78 is 5.74. The second-order valence-corrected chi connectivity index (χ2v) is 5.86. The average Bonchev–Trinajstić information content (AvgIpc) is 2.51. The van der Waals surface area contributed by atoms with Crippen LogP contribution < -0.4 is 15.4 Å². The first-order valence-electron chi connectivity index (χ1n) is 7.38. The van der Waals surface area contributed by atoms with Gasteiger partial charge in [0.25, 0.3) is 17.4 Å². The van der Waals surface area contributed by atoms with Gasteiger partial charge in [0, 0.05) is 5.69 Å². The molecule has 1 heterocycles. The highest BCUT2D eigenvalue weighted by Gasteiger charge is 2.47. The van der Waals surface area contributed by atoms with Crippen LogP contribution in [-0.4, -0.2) is 17.4 Å². The van der Waals surface area contributed by atoms with Crippen LogP contribution in [0.1, 0.15) is 18.1 Å². The van der Waals surface area contributed by atoms with Crippen LogP contribution in [0.5, 0.6) is 5.75 Å². The maximum absolute atomic E-state index is 12.6. The number of para-hydroxylation sites is 1. The number of aryl methyl sites for hydroxylation is 2. The van der Waals surface area contributed by atoms with Crippen molar-refractivity contribution in [2.75, 3.05) is 10.6 Å². The third-order valence-corrected chi connectivity index (χ3v) is 3.96. The second-order valence-electron chi connectivity index (χ2n) is 5.86. The van der Waals surface area contributed by atoms with Crippen molar-refractivity contribution in [3.05, 3.63) is 53.6 Å². The zero-order chi connectivity index (χ0) is 16.6. The van der Waals surface area contributed by atoms with E-state index in [1.54, 1.807) is 12.1 Å². The minimum atomic E-state index is -1.62. The maximum atomic E-state index is 12.6. The van der Waals surface area contributed by atoms with Crippen molar-refractivity contribution >= 4 is 23.2 Å². The van der Waals surface area contributed by atoms with Gasteiger partial charge in [0.2, 0.25) is 0 Å². The van der Waals surface area contributed by atoms with Crippen LogP contribution in [0.3, 0.4) is 0 Å². The van der Waals surface area contributed by atoms with Crippen molar-refractivity contribution in [2.24, 2.45) is 0 Å². The Morgan fingerprint density at radius 1 is 1.17 bits per heavy atom. The third-order valence-electron chi connectivity index (χ3n) is 3.96. The zero-order valence-electron chi connectivity index (χ0n) is 13.3. The molecule has 0 saturated heterocycles. The highest BCUT2D eigenvalue weighted by atomic mass is 16.5. The van der Waals surface area contributed by atoms with Crippen LogP contribution in [-0.2, 0) is 9.59 Å². The highest BCUT2D eigenvalue weighted by Crippen LogP contribution is 2.35. The monoisotopic (exact) mass is 310 g/mol. The molecule has 3 rings (SSSR count). The first-order valence-corrected chi connectivity index (χ1v) is 7.38. The van der Waals surface area contributed by atoms with E-state index < -0.39 is 17.4 Å². The van der Waals surface area contributed by atoms with E-state index in [1.807, 2.05) is 44.2 Å². The van der Waals surface area contributed by atoms with E-state index in [0.717, 1.165) is 11.1 Å². The lowest BCUT2D eigenvalue weighted by molar-refractivity contribution is -0.143. The van der Waals surface area contributed by atoms with Gasteiger partial charge in [-0.05, 0) is 50.1 Å². The lowest BCUT2D eigenvalue weighted by Crippen LogP contribution is -2.56. The number of hydrogen-bond acceptors (Lipinski definition) is 3. The van der Waals surface area contributed by atoms with Gasteiger partial charge in [-0.2, -0.15) is 0 Å². The molecule has 118 valence electrons. The molecule has 1 aliphatic rings. The van der Waals surface area contributed by atoms with Crippen LogP contribution in [0.15, 0.2) is 42.5 Å². The molecule has 0 aliphatic carbocycles. The van der Waals surface area contributed by atoms with Gasteiger partial charge in [0.1, 0.15) is 5.75 Å². The van der Waals surface area contributed by atoms with Crippen molar-refractivity contribution in [1.82, 2.24) is 0 Å². The number of anilines is 2. The molecule has 2 aromatic carbocycles. The molecule has 2 amide bonds. The first-order chi connectivity index (χ1) is 10.9. The summed E-state index contributed by atoms with van der Waals surface area (Å²) in [5.41, 5.74) is 1.53. The Morgan fingerprint density at radius 3 is 2.65 bits per heavy atom. The van der Waals surface area contributed by atoms with E-state index in [0.29, 0.717) is 17.1 Å². The Labute approximate surface area is 134 Å². The van der Waals surface area contributed by atoms with Gasteiger partial charge in [-0.3, -0.25) is 9.59 Å². The van der Waals surface area contributed by atoms with Gasteiger partial charge in [-0.25, -0.2) is 0 Å². The summed E-state index contributed by atoms with van der Waals surface area (Å²) in [6.45, 7) is 5.28. The maximum Gasteiger partial charge on any atom is 0.278 e. The minimum Gasteiger partial charge on any atom is -0.466 e. The van der Waals surface area contributed by atoms with Crippen LogP contribution in [0.2, 0.25) is 0 Å². The van der Waals surface area contributed by atoms with Gasteiger partial charge in [-0.1, -0.05) is 24.3 Å². The van der Waals surface area contributed by atoms with E-state index in [9.17, 15) is 9.59 Å². The van der Waals surface area contributed by atoms with Gasteiger partial charge in [0.05, 0.1) is 5.69 Å². The average molecular weight is 310 g/mol. The second kappa shape index (κ2) is 5.43. The quantitative estimate of drug-likeness (QED) is 0.838. The Bertz CT molecular complexity index is 801. The number of amides is 2. The Kier molecular flexibility index (Phi) is 3.56. The molecule has 1 atom stereocenters. The molecule has 0 saturated carbocycles. The Balaban J connectivity index is 1.89. The minimum absolute atomic E-state index is 0.484. The van der Waals surface area contributed by atoms with Crippen LogP contribution in [0.25, 0.3) is 0 Å². The Hall–Kier alpha value is -2.82. The smallest absolute Gasteiger partial charge is 0.278 e. The van der Waals surface area contributed by atoms with E-state index in [-0.39, 0.29) is 0 Å². The molecule has 0 spiro atoms. The number of carbonyl (C=O) groups excluding carboxylic acids is 2. The molecular weight excluding hydrogens is 292 g/mol. The third kappa shape index (κ3) is 2.65. The van der Waals surface area contributed by atoms with Crippen molar-refractivity contribution in [3.8, 4) is 5.75 Å². The number of rotatable bonds is 2. The van der Waals surface area contributed by atoms with Gasteiger partial charge in [0.15, 0.2) is 0 Å². The topological polar surface area (TPSA) is 67.4 Å². The van der Waals surface area contributed by atoms with E-state index in [1.165, 1.54) is 6.92 Å². The van der Waals surface area contributed by atoms with Gasteiger partial charge < -0.3 is 15.4 Å². The van der Waals surface area contributed by atoms with Crippen LogP contribution in [0.4, 0.5) is 11.4 Å². The SMILES string of the molecule is Cc1ccc2c(c1)NC(=O)C(C)(C(=O)Nc1ccccc1C)O2. The summed E-state index contributed by atoms with van der Waals surface area (Å²) >= 11 is 0. The molecule has 0 aromatic heterocycles. The van der Waals surface area contributed by atoms with Crippen molar-refractivity contribution < 1.29 is 14.3 Å². The lowest BCUT2D eigenvalue weighted by Gasteiger charge is -2.33. The largest absolute Gasteiger partial charge is 0.466 e. The first kappa shape index (κ1) is 15.1. The summed E-state index contributed by atoms with van der Waals surface area (Å²) in [5.74, 6) is -0.505. The number of ether oxygens (including phenoxy) is 1. The van der Waals surface area contributed by atoms with Crippen molar-refractivity contribution in [2.45, 2.75) is 26.4 Å². The molecular formula is C18H18N2O3. The molecule has 0 radical (unpaired) electrons. The number of nitrogens with one attached hydrogen (secondary N) is 2. The van der Waals surface area contributed by atoms with Gasteiger partial charge in [-0.15, -0.1) is 0 Å². The summed E-state index contributed by atoms with van der Waals surface area (Å²) in [4.78, 5) is 25.0. The summed E-state index contributed by atoms with van der Waals surface area (Å²) in [5, 5.41) is 5.52. The van der Waals surface area contributed by atoms with Crippen molar-refractivity contribution in [3.63, 3.8) is 0 Å². The predicted molar refractivity (Wildman–Crippen MR) is 88.7 cm³/mol. The molecule has 5 nitrogen and oxygen atoms in total. The van der Waals surface area contributed by atoms with E-state index >= 15 is 0 Å². The van der Waals surface area contributed by atoms with E-state index in [4.69, 9.17) is 4.74 Å². The molecule has 5 heteroatoms. The number of fused-ring (bicyclic) bond motifs is 1. The molecule has 0 fully saturated rings. The summed E-state index contributed by atoms with van der Waals surface area (Å²) in [6.07, 6.45) is 0. The normalized spacial score (nSPS) is 19.3. The number of benzene rings is 2. The van der Waals surface area contributed by atoms with Crippen LogP contribution >= 0.6 is 0 Å². The van der Waals surface area contributed by atoms with Crippen LogP contribution in [0, 0.1) is 13.8 Å². The fraction of sp³-hybridized carbons (Fsp3) is 0.222. The molecule has 23 heavy (non-hydrogen) atoms. The fourth-order valence-corrected chi connectivity index (χ4v) is 2.44. The highest BCUT2D eigenvalue weighted by molar-refractivity contribution is 6.19. The molecule has 0 bridgehead atoms. The molecule has 2 N–H and O–H groups in total. The fourth-order valence-electron chi connectivity index (χ4n) is 2.44. The molecule has 2 aromatic rings. The number of carbonyl (C=O) groups is 2. The standard InChI is InChI=1S/C18H18N2O3/c1-11-8-9-15-14(10-11)20-17(22)18(3,23-15)16(21)19-13-7-5-4-6-12(13)2/h4-10H,1-3H3,(H,19,21)(H,20,22). The zero-order valence-corrected chi connectivity index (χ0v) is 13.3. The molecule has 1 unspecified atom stereocenters. The van der Waals surface area contributed by atoms with E-state index in [2.05, 4.69) is 10.6 Å². The summed E-state index contributed by atoms with van der Waals surface area (Å²) in [7, 11) is 0. The summed E-state index contributed by atoms with van der Waals surface area (Å²) in [6, 6.07) is 12.8. The van der Waals surface area contributed by atoms with Gasteiger partial charge >= 0.3 is 0 Å². The predicted octanol–water partition coefficient (Wildman–Crippen LogP) is 3.03. The lowest BCUT2D eigenvalue weighted by atomic mass is 10.0.